The van der Waals surface area contributed by atoms with Gasteiger partial charge in [0.2, 0.25) is 0 Å². The standard InChI is InChI=1S/C12H8N6/c13-4-3-11-16-12(18-17-11)8-1-2-9-10(7-8)15-6-5-14-9/h1-2,5-7H,3H2,(H,16,17,18). The Morgan fingerprint density at radius 3 is 2.83 bits per heavy atom. The molecule has 6 heteroatoms. The zero-order valence-corrected chi connectivity index (χ0v) is 9.33. The summed E-state index contributed by atoms with van der Waals surface area (Å²) in [5.74, 6) is 1.12. The predicted molar refractivity (Wildman–Crippen MR) is 64.2 cm³/mol. The number of nitriles is 1. The van der Waals surface area contributed by atoms with E-state index in [1.165, 1.54) is 0 Å². The maximum Gasteiger partial charge on any atom is 0.181 e. The highest BCUT2D eigenvalue weighted by atomic mass is 15.2. The molecule has 0 bridgehead atoms. The average molecular weight is 236 g/mol. The Bertz CT molecular complexity index is 739. The van der Waals surface area contributed by atoms with Crippen molar-refractivity contribution in [3.05, 3.63) is 36.4 Å². The monoisotopic (exact) mass is 236 g/mol. The highest BCUT2D eigenvalue weighted by Crippen LogP contribution is 2.19. The second-order valence-corrected chi connectivity index (χ2v) is 3.70. The van der Waals surface area contributed by atoms with Crippen molar-refractivity contribution in [1.29, 1.82) is 5.26 Å². The van der Waals surface area contributed by atoms with Crippen molar-refractivity contribution in [2.45, 2.75) is 6.42 Å². The van der Waals surface area contributed by atoms with Crippen LogP contribution in [0.4, 0.5) is 0 Å². The van der Waals surface area contributed by atoms with Gasteiger partial charge in [-0.15, -0.1) is 0 Å². The molecular formula is C12H8N6. The van der Waals surface area contributed by atoms with Crippen LogP contribution in [0.2, 0.25) is 0 Å². The zero-order valence-electron chi connectivity index (χ0n) is 9.33. The summed E-state index contributed by atoms with van der Waals surface area (Å²) in [6.07, 6.45) is 3.52. The third kappa shape index (κ3) is 1.78. The first-order valence-electron chi connectivity index (χ1n) is 5.36. The summed E-state index contributed by atoms with van der Waals surface area (Å²) in [4.78, 5) is 12.7. The first kappa shape index (κ1) is 10.4. The lowest BCUT2D eigenvalue weighted by Gasteiger charge is -1.97. The number of hydrogen-bond acceptors (Lipinski definition) is 5. The summed E-state index contributed by atoms with van der Waals surface area (Å²) < 4.78 is 0. The van der Waals surface area contributed by atoms with E-state index in [-0.39, 0.29) is 6.42 Å². The first-order valence-corrected chi connectivity index (χ1v) is 5.36. The van der Waals surface area contributed by atoms with E-state index in [0.29, 0.717) is 11.6 Å². The number of hydrogen-bond donors (Lipinski definition) is 1. The molecule has 3 aromatic rings. The molecule has 0 unspecified atom stereocenters. The average Bonchev–Trinajstić information content (AvgIpc) is 2.87. The molecule has 86 valence electrons. The number of aromatic nitrogens is 5. The van der Waals surface area contributed by atoms with E-state index in [4.69, 9.17) is 5.26 Å². The van der Waals surface area contributed by atoms with Crippen molar-refractivity contribution in [2.24, 2.45) is 0 Å². The molecule has 0 aliphatic carbocycles. The van der Waals surface area contributed by atoms with Gasteiger partial charge < -0.3 is 0 Å². The van der Waals surface area contributed by atoms with Crippen LogP contribution in [0.3, 0.4) is 0 Å². The number of rotatable bonds is 2. The van der Waals surface area contributed by atoms with Crippen LogP contribution >= 0.6 is 0 Å². The third-order valence-corrected chi connectivity index (χ3v) is 2.51. The summed E-state index contributed by atoms with van der Waals surface area (Å²) in [6, 6.07) is 7.66. The van der Waals surface area contributed by atoms with E-state index in [1.807, 2.05) is 24.3 Å². The molecule has 0 amide bonds. The molecule has 0 saturated heterocycles. The van der Waals surface area contributed by atoms with E-state index in [1.54, 1.807) is 12.4 Å². The van der Waals surface area contributed by atoms with E-state index in [0.717, 1.165) is 16.6 Å². The minimum atomic E-state index is 0.223. The van der Waals surface area contributed by atoms with Gasteiger partial charge in [0.05, 0.1) is 23.5 Å². The van der Waals surface area contributed by atoms with Gasteiger partial charge in [-0.05, 0) is 18.2 Å². The zero-order chi connectivity index (χ0) is 12.4. The van der Waals surface area contributed by atoms with Gasteiger partial charge in [0.1, 0.15) is 5.82 Å². The second-order valence-electron chi connectivity index (χ2n) is 3.70. The van der Waals surface area contributed by atoms with Crippen LogP contribution in [0, 0.1) is 11.3 Å². The Hall–Kier alpha value is -2.81. The van der Waals surface area contributed by atoms with Gasteiger partial charge in [0, 0.05) is 18.0 Å². The normalized spacial score (nSPS) is 10.4. The van der Waals surface area contributed by atoms with Crippen molar-refractivity contribution in [2.75, 3.05) is 0 Å². The van der Waals surface area contributed by atoms with E-state index >= 15 is 0 Å². The Kier molecular flexibility index (Phi) is 2.43. The van der Waals surface area contributed by atoms with Crippen molar-refractivity contribution in [3.8, 4) is 17.5 Å². The smallest absolute Gasteiger partial charge is 0.181 e. The second kappa shape index (κ2) is 4.22. The van der Waals surface area contributed by atoms with Crippen molar-refractivity contribution >= 4 is 11.0 Å². The van der Waals surface area contributed by atoms with Gasteiger partial charge in [-0.3, -0.25) is 15.1 Å². The lowest BCUT2D eigenvalue weighted by Crippen LogP contribution is -1.86. The molecule has 2 aromatic heterocycles. The van der Waals surface area contributed by atoms with Crippen molar-refractivity contribution < 1.29 is 0 Å². The van der Waals surface area contributed by atoms with E-state index in [9.17, 15) is 0 Å². The molecule has 1 N–H and O–H groups in total. The van der Waals surface area contributed by atoms with Gasteiger partial charge in [-0.1, -0.05) is 0 Å². The summed E-state index contributed by atoms with van der Waals surface area (Å²) in [5, 5.41) is 15.4. The molecular weight excluding hydrogens is 228 g/mol. The van der Waals surface area contributed by atoms with Crippen LogP contribution in [-0.4, -0.2) is 25.1 Å². The van der Waals surface area contributed by atoms with Crippen molar-refractivity contribution in [3.63, 3.8) is 0 Å². The Morgan fingerprint density at radius 1 is 1.17 bits per heavy atom. The van der Waals surface area contributed by atoms with Gasteiger partial charge in [-0.25, -0.2) is 4.98 Å². The summed E-state index contributed by atoms with van der Waals surface area (Å²) in [7, 11) is 0. The van der Waals surface area contributed by atoms with Gasteiger partial charge in [0.25, 0.3) is 0 Å². The molecule has 0 aliphatic heterocycles. The van der Waals surface area contributed by atoms with E-state index in [2.05, 4.69) is 25.1 Å². The summed E-state index contributed by atoms with van der Waals surface area (Å²) in [5.41, 5.74) is 2.47. The maximum absolute atomic E-state index is 8.58. The number of nitrogens with zero attached hydrogens (tertiary/aromatic N) is 5. The van der Waals surface area contributed by atoms with Gasteiger partial charge in [0.15, 0.2) is 5.82 Å². The van der Waals surface area contributed by atoms with Crippen LogP contribution in [0.15, 0.2) is 30.6 Å². The van der Waals surface area contributed by atoms with Crippen molar-refractivity contribution in [1.82, 2.24) is 25.1 Å². The predicted octanol–water partition coefficient (Wildman–Crippen LogP) is 1.48. The van der Waals surface area contributed by atoms with Gasteiger partial charge in [-0.2, -0.15) is 10.4 Å². The quantitative estimate of drug-likeness (QED) is 0.727. The van der Waals surface area contributed by atoms with Crippen LogP contribution in [-0.2, 0) is 6.42 Å². The molecule has 18 heavy (non-hydrogen) atoms. The molecule has 0 radical (unpaired) electrons. The SMILES string of the molecule is N#CCc1nc(-c2ccc3nccnc3c2)n[nH]1. The highest BCUT2D eigenvalue weighted by Gasteiger charge is 2.06. The largest absolute Gasteiger partial charge is 0.262 e. The lowest BCUT2D eigenvalue weighted by atomic mass is 10.2. The maximum atomic E-state index is 8.58. The molecule has 0 atom stereocenters. The fourth-order valence-electron chi connectivity index (χ4n) is 1.68. The summed E-state index contributed by atoms with van der Waals surface area (Å²) in [6.45, 7) is 0. The Balaban J connectivity index is 2.05. The number of H-pyrrole nitrogens is 1. The number of benzene rings is 1. The molecule has 0 saturated carbocycles. The summed E-state index contributed by atoms with van der Waals surface area (Å²) >= 11 is 0. The molecule has 0 aliphatic rings. The molecule has 6 nitrogen and oxygen atoms in total. The fraction of sp³-hybridized carbons (Fsp3) is 0.0833. The Morgan fingerprint density at radius 2 is 2.00 bits per heavy atom. The molecule has 1 aromatic carbocycles. The highest BCUT2D eigenvalue weighted by molar-refractivity contribution is 5.79. The molecule has 0 fully saturated rings. The molecule has 0 spiro atoms. The van der Waals surface area contributed by atoms with Crippen LogP contribution in [0.5, 0.6) is 0 Å². The first-order chi connectivity index (χ1) is 8.86. The third-order valence-electron chi connectivity index (χ3n) is 2.51. The number of aromatic amines is 1. The van der Waals surface area contributed by atoms with E-state index < -0.39 is 0 Å². The lowest BCUT2D eigenvalue weighted by molar-refractivity contribution is 0.996. The minimum Gasteiger partial charge on any atom is -0.262 e. The van der Waals surface area contributed by atoms with Crippen LogP contribution < -0.4 is 0 Å². The fourth-order valence-corrected chi connectivity index (χ4v) is 1.68. The number of nitrogens with one attached hydrogen (secondary N) is 1. The Labute approximate surface area is 102 Å². The van der Waals surface area contributed by atoms with Crippen LogP contribution in [0.1, 0.15) is 5.82 Å². The van der Waals surface area contributed by atoms with Gasteiger partial charge >= 0.3 is 0 Å². The number of fused-ring (bicyclic) bond motifs is 1. The molecule has 2 heterocycles. The topological polar surface area (TPSA) is 91.1 Å². The molecule has 3 rings (SSSR count). The van der Waals surface area contributed by atoms with Crippen LogP contribution in [0.25, 0.3) is 22.4 Å². The minimum absolute atomic E-state index is 0.223.